The number of allylic oxidation sites excluding steroid dienone is 1. The van der Waals surface area contributed by atoms with Gasteiger partial charge in [0.1, 0.15) is 17.1 Å². The highest BCUT2D eigenvalue weighted by Gasteiger charge is 2.27. The molecule has 0 unspecified atom stereocenters. The van der Waals surface area contributed by atoms with Gasteiger partial charge in [-0.2, -0.15) is 0 Å². The smallest absolute Gasteiger partial charge is 0.170 e. The third-order valence-electron chi connectivity index (χ3n) is 2.97. The van der Waals surface area contributed by atoms with E-state index in [1.54, 1.807) is 31.4 Å². The molecule has 0 saturated heterocycles. The standard InChI is InChI=1S/C14H14O4/c1-18-10-7-5-9(6-8-10)14(17)13-11(15)3-2-4-12(13)16/h5-8,17H,2-4H2,1H3. The molecule has 1 fully saturated rings. The molecule has 1 aromatic carbocycles. The summed E-state index contributed by atoms with van der Waals surface area (Å²) in [6, 6.07) is 6.58. The Morgan fingerprint density at radius 1 is 1.11 bits per heavy atom. The van der Waals surface area contributed by atoms with Gasteiger partial charge in [0.2, 0.25) is 0 Å². The number of carbonyl (C=O) groups excluding carboxylic acids is 2. The lowest BCUT2D eigenvalue weighted by molar-refractivity contribution is -0.123. The lowest BCUT2D eigenvalue weighted by atomic mass is 9.90. The molecule has 4 heteroatoms. The van der Waals surface area contributed by atoms with Gasteiger partial charge in [0.15, 0.2) is 11.6 Å². The topological polar surface area (TPSA) is 63.6 Å². The average molecular weight is 246 g/mol. The molecule has 94 valence electrons. The summed E-state index contributed by atoms with van der Waals surface area (Å²) in [5.41, 5.74) is 0.390. The summed E-state index contributed by atoms with van der Waals surface area (Å²) in [6.45, 7) is 0. The molecule has 0 atom stereocenters. The Kier molecular flexibility index (Phi) is 3.46. The van der Waals surface area contributed by atoms with Crippen LogP contribution < -0.4 is 4.74 Å². The first-order valence-corrected chi connectivity index (χ1v) is 5.77. The highest BCUT2D eigenvalue weighted by atomic mass is 16.5. The van der Waals surface area contributed by atoms with E-state index >= 15 is 0 Å². The molecule has 0 amide bonds. The van der Waals surface area contributed by atoms with Crippen LogP contribution in [0.5, 0.6) is 5.75 Å². The fourth-order valence-corrected chi connectivity index (χ4v) is 1.97. The van der Waals surface area contributed by atoms with Gasteiger partial charge in [0, 0.05) is 18.4 Å². The SMILES string of the molecule is COc1ccc(C(O)=C2C(=O)CCCC2=O)cc1. The number of Topliss-reactive ketones (excluding diaryl/α,β-unsaturated/α-hetero) is 2. The predicted molar refractivity (Wildman–Crippen MR) is 66.4 cm³/mol. The molecule has 1 saturated carbocycles. The van der Waals surface area contributed by atoms with Crippen molar-refractivity contribution in [2.45, 2.75) is 19.3 Å². The van der Waals surface area contributed by atoms with Gasteiger partial charge in [-0.25, -0.2) is 0 Å². The Labute approximate surface area is 105 Å². The van der Waals surface area contributed by atoms with Gasteiger partial charge < -0.3 is 9.84 Å². The molecule has 0 heterocycles. The van der Waals surface area contributed by atoms with Crippen molar-refractivity contribution in [3.8, 4) is 5.75 Å². The van der Waals surface area contributed by atoms with Crippen LogP contribution in [0.2, 0.25) is 0 Å². The van der Waals surface area contributed by atoms with Crippen molar-refractivity contribution in [1.82, 2.24) is 0 Å². The first-order valence-electron chi connectivity index (χ1n) is 5.77. The van der Waals surface area contributed by atoms with Crippen LogP contribution in [0.25, 0.3) is 5.76 Å². The molecule has 1 N–H and O–H groups in total. The third kappa shape index (κ3) is 2.27. The Hall–Kier alpha value is -2.10. The highest BCUT2D eigenvalue weighted by Crippen LogP contribution is 2.25. The van der Waals surface area contributed by atoms with Gasteiger partial charge in [-0.3, -0.25) is 9.59 Å². The molecule has 18 heavy (non-hydrogen) atoms. The summed E-state index contributed by atoms with van der Waals surface area (Å²) in [5, 5.41) is 10.0. The van der Waals surface area contributed by atoms with Crippen molar-refractivity contribution >= 4 is 17.3 Å². The minimum atomic E-state index is -0.278. The maximum Gasteiger partial charge on any atom is 0.170 e. The van der Waals surface area contributed by atoms with Gasteiger partial charge >= 0.3 is 0 Å². The highest BCUT2D eigenvalue weighted by molar-refractivity contribution is 6.25. The van der Waals surface area contributed by atoms with Gasteiger partial charge in [-0.1, -0.05) is 0 Å². The second kappa shape index (κ2) is 5.04. The quantitative estimate of drug-likeness (QED) is 0.494. The van der Waals surface area contributed by atoms with Crippen molar-refractivity contribution in [3.63, 3.8) is 0 Å². The summed E-state index contributed by atoms with van der Waals surface area (Å²) in [5.74, 6) is -0.135. The molecule has 0 spiro atoms. The molecule has 0 radical (unpaired) electrons. The summed E-state index contributed by atoms with van der Waals surface area (Å²) < 4.78 is 5.01. The van der Waals surface area contributed by atoms with Gasteiger partial charge in [0.25, 0.3) is 0 Å². The van der Waals surface area contributed by atoms with E-state index in [1.807, 2.05) is 0 Å². The molecule has 1 aromatic rings. The van der Waals surface area contributed by atoms with Crippen molar-refractivity contribution in [2.75, 3.05) is 7.11 Å². The van der Waals surface area contributed by atoms with Crippen LogP contribution in [-0.2, 0) is 9.59 Å². The van der Waals surface area contributed by atoms with Crippen LogP contribution >= 0.6 is 0 Å². The zero-order valence-corrected chi connectivity index (χ0v) is 10.1. The number of carbonyl (C=O) groups is 2. The fourth-order valence-electron chi connectivity index (χ4n) is 1.97. The summed E-state index contributed by atoms with van der Waals surface area (Å²) in [6.07, 6.45) is 1.21. The number of ether oxygens (including phenoxy) is 1. The Balaban J connectivity index is 2.40. The van der Waals surface area contributed by atoms with Gasteiger partial charge in [0.05, 0.1) is 7.11 Å². The van der Waals surface area contributed by atoms with E-state index < -0.39 is 0 Å². The minimum absolute atomic E-state index is 0.0635. The number of hydrogen-bond donors (Lipinski definition) is 1. The van der Waals surface area contributed by atoms with E-state index in [9.17, 15) is 14.7 Å². The van der Waals surface area contributed by atoms with Crippen molar-refractivity contribution < 1.29 is 19.4 Å². The van der Waals surface area contributed by atoms with Crippen LogP contribution in [0.15, 0.2) is 29.8 Å². The van der Waals surface area contributed by atoms with Crippen LogP contribution in [0.1, 0.15) is 24.8 Å². The number of hydrogen-bond acceptors (Lipinski definition) is 4. The molecule has 1 aliphatic carbocycles. The first-order chi connectivity index (χ1) is 8.63. The lowest BCUT2D eigenvalue weighted by Gasteiger charge is -2.14. The van der Waals surface area contributed by atoms with Crippen LogP contribution in [0, 0.1) is 0 Å². The number of methoxy groups -OCH3 is 1. The Morgan fingerprint density at radius 3 is 2.17 bits per heavy atom. The maximum atomic E-state index is 11.7. The average Bonchev–Trinajstić information content (AvgIpc) is 2.38. The number of benzene rings is 1. The second-order valence-corrected chi connectivity index (χ2v) is 4.15. The van der Waals surface area contributed by atoms with E-state index in [4.69, 9.17) is 4.74 Å². The van der Waals surface area contributed by atoms with Crippen molar-refractivity contribution in [1.29, 1.82) is 0 Å². The lowest BCUT2D eigenvalue weighted by Crippen LogP contribution is -2.20. The van der Waals surface area contributed by atoms with E-state index in [0.29, 0.717) is 30.6 Å². The zero-order chi connectivity index (χ0) is 13.1. The maximum absolute atomic E-state index is 11.7. The monoisotopic (exact) mass is 246 g/mol. The summed E-state index contributed by atoms with van der Waals surface area (Å²) >= 11 is 0. The molecule has 4 nitrogen and oxygen atoms in total. The Morgan fingerprint density at radius 2 is 1.67 bits per heavy atom. The van der Waals surface area contributed by atoms with Crippen molar-refractivity contribution in [3.05, 3.63) is 35.4 Å². The number of aliphatic hydroxyl groups excluding tert-OH is 1. The molecular weight excluding hydrogens is 232 g/mol. The van der Waals surface area contributed by atoms with E-state index in [2.05, 4.69) is 0 Å². The summed E-state index contributed by atoms with van der Waals surface area (Å²) in [4.78, 5) is 23.4. The van der Waals surface area contributed by atoms with Gasteiger partial charge in [-0.15, -0.1) is 0 Å². The third-order valence-corrected chi connectivity index (χ3v) is 2.97. The first kappa shape index (κ1) is 12.4. The Bertz CT molecular complexity index is 493. The van der Waals surface area contributed by atoms with Crippen LogP contribution in [-0.4, -0.2) is 23.8 Å². The van der Waals surface area contributed by atoms with Crippen LogP contribution in [0.3, 0.4) is 0 Å². The van der Waals surface area contributed by atoms with Crippen LogP contribution in [0.4, 0.5) is 0 Å². The largest absolute Gasteiger partial charge is 0.506 e. The fraction of sp³-hybridized carbons (Fsp3) is 0.286. The molecule has 2 rings (SSSR count). The molecule has 0 aromatic heterocycles. The zero-order valence-electron chi connectivity index (χ0n) is 10.1. The van der Waals surface area contributed by atoms with Gasteiger partial charge in [-0.05, 0) is 30.7 Å². The summed E-state index contributed by atoms with van der Waals surface area (Å²) in [7, 11) is 1.54. The second-order valence-electron chi connectivity index (χ2n) is 4.15. The minimum Gasteiger partial charge on any atom is -0.506 e. The number of rotatable bonds is 2. The normalized spacial score (nSPS) is 15.7. The molecule has 0 bridgehead atoms. The number of aliphatic hydroxyl groups is 1. The van der Waals surface area contributed by atoms with E-state index in [1.165, 1.54) is 0 Å². The number of ketones is 2. The predicted octanol–water partition coefficient (Wildman–Crippen LogP) is 2.29. The molecule has 1 aliphatic rings. The van der Waals surface area contributed by atoms with Crippen molar-refractivity contribution in [2.24, 2.45) is 0 Å². The molecular formula is C14H14O4. The molecule has 0 aliphatic heterocycles. The van der Waals surface area contributed by atoms with E-state index in [-0.39, 0.29) is 22.9 Å². The van der Waals surface area contributed by atoms with E-state index in [0.717, 1.165) is 0 Å².